The highest BCUT2D eigenvalue weighted by molar-refractivity contribution is 6.42. The molecule has 1 aromatic heterocycles. The van der Waals surface area contributed by atoms with Gasteiger partial charge in [-0.15, -0.1) is 0 Å². The lowest BCUT2D eigenvalue weighted by molar-refractivity contribution is 0.455. The van der Waals surface area contributed by atoms with E-state index in [1.165, 1.54) is 12.7 Å². The summed E-state index contributed by atoms with van der Waals surface area (Å²) in [6.45, 7) is 0. The number of halogens is 2. The van der Waals surface area contributed by atoms with Gasteiger partial charge < -0.3 is 10.5 Å². The zero-order valence-electron chi connectivity index (χ0n) is 11.4. The van der Waals surface area contributed by atoms with Gasteiger partial charge in [0.2, 0.25) is 5.88 Å². The second-order valence-electron chi connectivity index (χ2n) is 5.07. The molecular formula is C15H15Cl2N3O. The van der Waals surface area contributed by atoms with E-state index >= 15 is 0 Å². The molecule has 0 aliphatic heterocycles. The number of hydrogen-bond donors (Lipinski definition) is 1. The summed E-state index contributed by atoms with van der Waals surface area (Å²) < 4.78 is 5.88. The van der Waals surface area contributed by atoms with Crippen molar-refractivity contribution in [3.05, 3.63) is 39.8 Å². The summed E-state index contributed by atoms with van der Waals surface area (Å²) in [6.07, 6.45) is 6.89. The summed E-state index contributed by atoms with van der Waals surface area (Å²) in [5, 5.41) is 0.809. The van der Waals surface area contributed by atoms with Gasteiger partial charge in [-0.1, -0.05) is 29.6 Å². The van der Waals surface area contributed by atoms with E-state index in [-0.39, 0.29) is 0 Å². The monoisotopic (exact) mass is 323 g/mol. The SMILES string of the molecule is Nc1cc(Cl)c(Cl)cc1Oc1ncnc2c1CCCCC2. The number of benzene rings is 1. The summed E-state index contributed by atoms with van der Waals surface area (Å²) >= 11 is 12.0. The van der Waals surface area contributed by atoms with Crippen LogP contribution < -0.4 is 10.5 Å². The van der Waals surface area contributed by atoms with E-state index in [0.717, 1.165) is 36.9 Å². The molecule has 4 nitrogen and oxygen atoms in total. The fourth-order valence-corrected chi connectivity index (χ4v) is 2.82. The van der Waals surface area contributed by atoms with Crippen molar-refractivity contribution in [1.82, 2.24) is 9.97 Å². The average molecular weight is 324 g/mol. The third-order valence-electron chi connectivity index (χ3n) is 3.59. The molecule has 0 bridgehead atoms. The van der Waals surface area contributed by atoms with Gasteiger partial charge in [0.15, 0.2) is 5.75 Å². The number of nitrogens with zero attached hydrogens (tertiary/aromatic N) is 2. The third-order valence-corrected chi connectivity index (χ3v) is 4.32. The van der Waals surface area contributed by atoms with Crippen molar-refractivity contribution in [3.63, 3.8) is 0 Å². The first kappa shape index (κ1) is 14.4. The van der Waals surface area contributed by atoms with Gasteiger partial charge in [-0.25, -0.2) is 9.97 Å². The number of nitrogens with two attached hydrogens (primary N) is 1. The maximum absolute atomic E-state index is 6.02. The highest BCUT2D eigenvalue weighted by Crippen LogP contribution is 2.36. The summed E-state index contributed by atoms with van der Waals surface area (Å²) in [6, 6.07) is 3.20. The van der Waals surface area contributed by atoms with Crippen LogP contribution >= 0.6 is 23.2 Å². The fourth-order valence-electron chi connectivity index (χ4n) is 2.49. The number of hydrogen-bond acceptors (Lipinski definition) is 4. The zero-order valence-corrected chi connectivity index (χ0v) is 12.9. The average Bonchev–Trinajstić information content (AvgIpc) is 2.71. The molecule has 1 aliphatic carbocycles. The van der Waals surface area contributed by atoms with Crippen molar-refractivity contribution >= 4 is 28.9 Å². The second-order valence-corrected chi connectivity index (χ2v) is 5.89. The Bertz CT molecular complexity index is 676. The minimum Gasteiger partial charge on any atom is -0.436 e. The third kappa shape index (κ3) is 3.06. The van der Waals surface area contributed by atoms with Crippen LogP contribution in [0.3, 0.4) is 0 Å². The fraction of sp³-hybridized carbons (Fsp3) is 0.333. The Kier molecular flexibility index (Phi) is 4.17. The molecule has 0 fully saturated rings. The Balaban J connectivity index is 1.97. The topological polar surface area (TPSA) is 61.0 Å². The van der Waals surface area contributed by atoms with Crippen LogP contribution in [0.15, 0.2) is 18.5 Å². The molecule has 6 heteroatoms. The lowest BCUT2D eigenvalue weighted by Crippen LogP contribution is -2.02. The smallest absolute Gasteiger partial charge is 0.225 e. The molecule has 1 heterocycles. The van der Waals surface area contributed by atoms with Crippen molar-refractivity contribution in [3.8, 4) is 11.6 Å². The maximum atomic E-state index is 6.02. The molecule has 0 saturated carbocycles. The Morgan fingerprint density at radius 3 is 2.62 bits per heavy atom. The summed E-state index contributed by atoms with van der Waals surface area (Å²) in [7, 11) is 0. The molecule has 3 rings (SSSR count). The van der Waals surface area contributed by atoms with E-state index < -0.39 is 0 Å². The van der Waals surface area contributed by atoms with Gasteiger partial charge in [-0.05, 0) is 31.7 Å². The van der Waals surface area contributed by atoms with E-state index in [1.54, 1.807) is 12.1 Å². The number of anilines is 1. The molecule has 0 unspecified atom stereocenters. The van der Waals surface area contributed by atoms with E-state index in [1.807, 2.05) is 0 Å². The van der Waals surface area contributed by atoms with Crippen LogP contribution in [0.2, 0.25) is 10.0 Å². The molecule has 0 saturated heterocycles. The van der Waals surface area contributed by atoms with Crippen molar-refractivity contribution in [2.24, 2.45) is 0 Å². The lowest BCUT2D eigenvalue weighted by atomic mass is 10.1. The standard InChI is InChI=1S/C15H15Cl2N3O/c16-10-6-12(18)14(7-11(10)17)21-15-9-4-2-1-3-5-13(9)19-8-20-15/h6-8H,1-5,18H2. The predicted octanol–water partition coefficient (Wildman–Crippen LogP) is 4.43. The van der Waals surface area contributed by atoms with Gasteiger partial charge in [-0.2, -0.15) is 0 Å². The first-order valence-corrected chi connectivity index (χ1v) is 7.66. The van der Waals surface area contributed by atoms with Crippen LogP contribution in [-0.4, -0.2) is 9.97 Å². The van der Waals surface area contributed by atoms with Crippen LogP contribution in [-0.2, 0) is 12.8 Å². The van der Waals surface area contributed by atoms with Crippen molar-refractivity contribution in [2.75, 3.05) is 5.73 Å². The van der Waals surface area contributed by atoms with E-state index in [2.05, 4.69) is 9.97 Å². The predicted molar refractivity (Wildman–Crippen MR) is 84.2 cm³/mol. The van der Waals surface area contributed by atoms with Crippen LogP contribution in [0, 0.1) is 0 Å². The van der Waals surface area contributed by atoms with Crippen molar-refractivity contribution in [2.45, 2.75) is 32.1 Å². The normalized spacial score (nSPS) is 14.4. The number of nitrogen functional groups attached to an aromatic ring is 1. The molecule has 2 N–H and O–H groups in total. The molecule has 0 radical (unpaired) electrons. The molecule has 0 atom stereocenters. The summed E-state index contributed by atoms with van der Waals surface area (Å²) in [5.74, 6) is 1.03. The van der Waals surface area contributed by atoms with Crippen molar-refractivity contribution < 1.29 is 4.74 Å². The van der Waals surface area contributed by atoms with E-state index in [4.69, 9.17) is 33.7 Å². The molecular weight excluding hydrogens is 309 g/mol. The number of ether oxygens (including phenoxy) is 1. The Morgan fingerprint density at radius 2 is 1.76 bits per heavy atom. The molecule has 0 amide bonds. The molecule has 1 aliphatic rings. The first-order chi connectivity index (χ1) is 10.1. The number of fused-ring (bicyclic) bond motifs is 1. The van der Waals surface area contributed by atoms with Gasteiger partial charge in [-0.3, -0.25) is 0 Å². The van der Waals surface area contributed by atoms with Crippen molar-refractivity contribution in [1.29, 1.82) is 0 Å². The zero-order chi connectivity index (χ0) is 14.8. The van der Waals surface area contributed by atoms with Gasteiger partial charge in [0.25, 0.3) is 0 Å². The molecule has 110 valence electrons. The quantitative estimate of drug-likeness (QED) is 0.656. The molecule has 0 spiro atoms. The van der Waals surface area contributed by atoms with Gasteiger partial charge in [0, 0.05) is 11.6 Å². The minimum atomic E-state index is 0.404. The van der Waals surface area contributed by atoms with Crippen LogP contribution in [0.25, 0.3) is 0 Å². The summed E-state index contributed by atoms with van der Waals surface area (Å²) in [4.78, 5) is 8.62. The molecule has 2 aromatic rings. The largest absolute Gasteiger partial charge is 0.436 e. The minimum absolute atomic E-state index is 0.404. The number of aromatic nitrogens is 2. The van der Waals surface area contributed by atoms with E-state index in [9.17, 15) is 0 Å². The number of rotatable bonds is 2. The van der Waals surface area contributed by atoms with Gasteiger partial charge in [0.1, 0.15) is 6.33 Å². The number of aryl methyl sites for hydroxylation is 1. The Hall–Kier alpha value is -1.52. The first-order valence-electron chi connectivity index (χ1n) is 6.90. The molecule has 21 heavy (non-hydrogen) atoms. The maximum Gasteiger partial charge on any atom is 0.225 e. The van der Waals surface area contributed by atoms with Crippen LogP contribution in [0.5, 0.6) is 11.6 Å². The van der Waals surface area contributed by atoms with Crippen LogP contribution in [0.4, 0.5) is 5.69 Å². The summed E-state index contributed by atoms with van der Waals surface area (Å²) in [5.41, 5.74) is 8.50. The highest BCUT2D eigenvalue weighted by atomic mass is 35.5. The van der Waals surface area contributed by atoms with Gasteiger partial charge >= 0.3 is 0 Å². The second kappa shape index (κ2) is 6.08. The van der Waals surface area contributed by atoms with Crippen LogP contribution in [0.1, 0.15) is 30.5 Å². The molecule has 1 aromatic carbocycles. The highest BCUT2D eigenvalue weighted by Gasteiger charge is 2.17. The Labute approximate surface area is 133 Å². The Morgan fingerprint density at radius 1 is 1.00 bits per heavy atom. The van der Waals surface area contributed by atoms with E-state index in [0.29, 0.717) is 27.4 Å². The van der Waals surface area contributed by atoms with Gasteiger partial charge in [0.05, 0.1) is 21.4 Å². The lowest BCUT2D eigenvalue weighted by Gasteiger charge is -2.13.